The molecule has 1 aliphatic heterocycles. The van der Waals surface area contributed by atoms with Gasteiger partial charge in [-0.25, -0.2) is 13.2 Å². The van der Waals surface area contributed by atoms with Crippen LogP contribution in [0, 0.1) is 17.8 Å². The van der Waals surface area contributed by atoms with Gasteiger partial charge in [-0.05, 0) is 35.9 Å². The molecule has 8 nitrogen and oxygen atoms in total. The summed E-state index contributed by atoms with van der Waals surface area (Å²) in [5.74, 6) is 6.04. The summed E-state index contributed by atoms with van der Waals surface area (Å²) >= 11 is 0. The van der Waals surface area contributed by atoms with Crippen LogP contribution >= 0.6 is 0 Å². The summed E-state index contributed by atoms with van der Waals surface area (Å²) in [5.41, 5.74) is 2.23. The van der Waals surface area contributed by atoms with Gasteiger partial charge in [0.25, 0.3) is 0 Å². The van der Waals surface area contributed by atoms with E-state index in [-0.39, 0.29) is 11.3 Å². The van der Waals surface area contributed by atoms with Crippen LogP contribution in [0.4, 0.5) is 10.5 Å². The molecule has 1 fully saturated rings. The van der Waals surface area contributed by atoms with Crippen molar-refractivity contribution >= 4 is 32.8 Å². The highest BCUT2D eigenvalue weighted by atomic mass is 32.2. The Balaban J connectivity index is 1.57. The third-order valence-electron chi connectivity index (χ3n) is 4.85. The van der Waals surface area contributed by atoms with E-state index in [4.69, 9.17) is 9.52 Å². The number of carbonyl (C=O) groups is 1. The summed E-state index contributed by atoms with van der Waals surface area (Å²) in [6.45, 7) is 0.791. The Morgan fingerprint density at radius 2 is 1.90 bits per heavy atom. The molecule has 0 spiro atoms. The highest BCUT2D eigenvalue weighted by Gasteiger charge is 2.28. The minimum Gasteiger partial charge on any atom is -0.465 e. The molecule has 2 heterocycles. The number of amides is 1. The van der Waals surface area contributed by atoms with Gasteiger partial charge in [-0.15, -0.1) is 0 Å². The van der Waals surface area contributed by atoms with Gasteiger partial charge in [-0.3, -0.25) is 9.52 Å². The Bertz CT molecular complexity index is 1390. The Hall–Kier alpha value is -3.77. The van der Waals surface area contributed by atoms with Crippen LogP contribution in [0.5, 0.6) is 0 Å². The molecular weight excluding hydrogens is 420 g/mol. The van der Waals surface area contributed by atoms with Crippen molar-refractivity contribution in [3.63, 3.8) is 0 Å². The number of benzene rings is 2. The predicted molar refractivity (Wildman–Crippen MR) is 116 cm³/mol. The lowest BCUT2D eigenvalue weighted by atomic mass is 10.0. The van der Waals surface area contributed by atoms with Gasteiger partial charge in [0.15, 0.2) is 5.43 Å². The predicted octanol–water partition coefficient (Wildman–Crippen LogP) is 2.79. The van der Waals surface area contributed by atoms with Gasteiger partial charge in [0.05, 0.1) is 23.1 Å². The second-order valence-electron chi connectivity index (χ2n) is 7.29. The first-order valence-electron chi connectivity index (χ1n) is 9.33. The molecule has 0 aliphatic carbocycles. The fourth-order valence-corrected chi connectivity index (χ4v) is 3.81. The van der Waals surface area contributed by atoms with Crippen molar-refractivity contribution in [2.24, 2.45) is 5.92 Å². The molecule has 1 aromatic heterocycles. The quantitative estimate of drug-likeness (QED) is 0.608. The largest absolute Gasteiger partial charge is 0.465 e. The minimum atomic E-state index is -3.38. The van der Waals surface area contributed by atoms with Crippen molar-refractivity contribution in [1.29, 1.82) is 0 Å². The first-order valence-corrected chi connectivity index (χ1v) is 11.2. The third-order valence-corrected chi connectivity index (χ3v) is 5.45. The standard InChI is InChI=1S/C22H18N2O6S/c1-31(28,29)23-17-7-5-16(6-8-17)19-13-30-20-10-14(4-9-18(20)21(19)25)2-3-15-11-24(12-15)22(26)27/h4-10,13,15,23H,11-12H2,1H3,(H,26,27). The summed E-state index contributed by atoms with van der Waals surface area (Å²) < 4.78 is 30.7. The maximum Gasteiger partial charge on any atom is 0.407 e. The third kappa shape index (κ3) is 4.54. The number of rotatable bonds is 3. The number of nitrogens with one attached hydrogen (secondary N) is 1. The number of likely N-dealkylation sites (tertiary alicyclic amines) is 1. The van der Waals surface area contributed by atoms with Crippen molar-refractivity contribution in [2.45, 2.75) is 0 Å². The number of anilines is 1. The number of hydrogen-bond acceptors (Lipinski definition) is 5. The van der Waals surface area contributed by atoms with E-state index in [1.165, 1.54) is 11.2 Å². The van der Waals surface area contributed by atoms with Crippen LogP contribution in [0.2, 0.25) is 0 Å². The van der Waals surface area contributed by atoms with E-state index in [1.807, 2.05) is 0 Å². The van der Waals surface area contributed by atoms with Crippen LogP contribution in [0.15, 0.2) is 57.9 Å². The molecule has 0 unspecified atom stereocenters. The van der Waals surface area contributed by atoms with Crippen LogP contribution in [0.1, 0.15) is 5.56 Å². The summed E-state index contributed by atoms with van der Waals surface area (Å²) in [4.78, 5) is 25.0. The van der Waals surface area contributed by atoms with Gasteiger partial charge in [0.1, 0.15) is 11.8 Å². The lowest BCUT2D eigenvalue weighted by Crippen LogP contribution is -2.48. The second-order valence-corrected chi connectivity index (χ2v) is 9.04. The molecule has 0 bridgehead atoms. The topological polar surface area (TPSA) is 117 Å². The molecule has 1 amide bonds. The fraction of sp³-hybridized carbons (Fsp3) is 0.182. The van der Waals surface area contributed by atoms with Crippen LogP contribution in [0.25, 0.3) is 22.1 Å². The minimum absolute atomic E-state index is 0.00124. The Morgan fingerprint density at radius 1 is 1.19 bits per heavy atom. The van der Waals surface area contributed by atoms with Crippen LogP contribution in [0.3, 0.4) is 0 Å². The van der Waals surface area contributed by atoms with E-state index in [2.05, 4.69) is 16.6 Å². The SMILES string of the molecule is CS(=O)(=O)Nc1ccc(-c2coc3cc(C#CC4CN(C(=O)O)C4)ccc3c2=O)cc1. The lowest BCUT2D eigenvalue weighted by Gasteiger charge is -2.33. The molecule has 1 saturated heterocycles. The Kier molecular flexibility index (Phi) is 5.17. The number of fused-ring (bicyclic) bond motifs is 1. The molecule has 0 radical (unpaired) electrons. The summed E-state index contributed by atoms with van der Waals surface area (Å²) in [5, 5.41) is 9.26. The fourth-order valence-electron chi connectivity index (χ4n) is 3.25. The Morgan fingerprint density at radius 3 is 2.55 bits per heavy atom. The van der Waals surface area contributed by atoms with Crippen LogP contribution in [-0.2, 0) is 10.0 Å². The summed E-state index contributed by atoms with van der Waals surface area (Å²) in [6.07, 6.45) is 1.49. The molecule has 158 valence electrons. The highest BCUT2D eigenvalue weighted by Crippen LogP contribution is 2.23. The zero-order chi connectivity index (χ0) is 22.2. The van der Waals surface area contributed by atoms with E-state index in [1.54, 1.807) is 42.5 Å². The number of hydrogen-bond donors (Lipinski definition) is 2. The molecule has 2 aromatic carbocycles. The van der Waals surface area contributed by atoms with E-state index >= 15 is 0 Å². The molecule has 9 heteroatoms. The number of carboxylic acid groups (broad SMARTS) is 1. The molecule has 0 saturated carbocycles. The summed E-state index contributed by atoms with van der Waals surface area (Å²) in [6, 6.07) is 11.5. The van der Waals surface area contributed by atoms with Gasteiger partial charge in [-0.1, -0.05) is 24.0 Å². The first kappa shape index (κ1) is 20.5. The van der Waals surface area contributed by atoms with Crippen molar-refractivity contribution < 1.29 is 22.7 Å². The van der Waals surface area contributed by atoms with E-state index < -0.39 is 16.1 Å². The van der Waals surface area contributed by atoms with Gasteiger partial charge >= 0.3 is 6.09 Å². The van der Waals surface area contributed by atoms with E-state index in [9.17, 15) is 18.0 Å². The lowest BCUT2D eigenvalue weighted by molar-refractivity contribution is 0.0999. The van der Waals surface area contributed by atoms with Crippen molar-refractivity contribution in [3.05, 3.63) is 64.5 Å². The maximum absolute atomic E-state index is 12.9. The zero-order valence-electron chi connectivity index (χ0n) is 16.5. The van der Waals surface area contributed by atoms with E-state index in [0.717, 1.165) is 6.26 Å². The smallest absolute Gasteiger partial charge is 0.407 e. The molecule has 0 atom stereocenters. The number of sulfonamides is 1. The first-order chi connectivity index (χ1) is 14.7. The Labute approximate surface area is 178 Å². The average Bonchev–Trinajstić information content (AvgIpc) is 2.66. The molecule has 4 rings (SSSR count). The number of nitrogens with zero attached hydrogens (tertiary/aromatic N) is 1. The van der Waals surface area contributed by atoms with Crippen LogP contribution < -0.4 is 10.2 Å². The highest BCUT2D eigenvalue weighted by molar-refractivity contribution is 7.92. The van der Waals surface area contributed by atoms with Crippen molar-refractivity contribution in [3.8, 4) is 23.0 Å². The second kappa shape index (κ2) is 7.81. The summed E-state index contributed by atoms with van der Waals surface area (Å²) in [7, 11) is -3.38. The maximum atomic E-state index is 12.9. The zero-order valence-corrected chi connectivity index (χ0v) is 17.3. The molecular formula is C22H18N2O6S. The monoisotopic (exact) mass is 438 g/mol. The molecule has 3 aromatic rings. The average molecular weight is 438 g/mol. The molecule has 31 heavy (non-hydrogen) atoms. The van der Waals surface area contributed by atoms with Gasteiger partial charge in [-0.2, -0.15) is 0 Å². The van der Waals surface area contributed by atoms with Crippen molar-refractivity contribution in [1.82, 2.24) is 4.90 Å². The van der Waals surface area contributed by atoms with E-state index in [0.29, 0.717) is 46.4 Å². The molecule has 2 N–H and O–H groups in total. The molecule has 1 aliphatic rings. The normalized spacial score (nSPS) is 13.9. The van der Waals surface area contributed by atoms with Crippen molar-refractivity contribution in [2.75, 3.05) is 24.1 Å². The van der Waals surface area contributed by atoms with Gasteiger partial charge < -0.3 is 14.4 Å². The van der Waals surface area contributed by atoms with Gasteiger partial charge in [0.2, 0.25) is 10.0 Å². The van der Waals surface area contributed by atoms with Crippen LogP contribution in [-0.4, -0.2) is 43.9 Å². The van der Waals surface area contributed by atoms with Gasteiger partial charge in [0, 0.05) is 24.3 Å².